The van der Waals surface area contributed by atoms with Crippen LogP contribution >= 0.6 is 11.8 Å². The molecule has 0 bridgehead atoms. The lowest BCUT2D eigenvalue weighted by Crippen LogP contribution is -2.32. The average molecular weight is 359 g/mol. The standard InChI is InChI=1S/C18H21N3O3S/c1-23-17-18(20-9-8-19-17)24-15-7-10-21(11-15)16(22)13-25-12-14-5-3-2-4-6-14/h2-6,8-9,15H,7,10-13H2,1H3. The van der Waals surface area contributed by atoms with Gasteiger partial charge in [-0.2, -0.15) is 0 Å². The molecule has 1 fully saturated rings. The van der Waals surface area contributed by atoms with Crippen LogP contribution in [0.2, 0.25) is 0 Å². The Hall–Kier alpha value is -2.28. The van der Waals surface area contributed by atoms with E-state index < -0.39 is 0 Å². The Kier molecular flexibility index (Phi) is 6.11. The fourth-order valence-electron chi connectivity index (χ4n) is 2.66. The van der Waals surface area contributed by atoms with Crippen LogP contribution in [-0.2, 0) is 10.5 Å². The first-order valence-electron chi connectivity index (χ1n) is 8.17. The van der Waals surface area contributed by atoms with Gasteiger partial charge in [0.25, 0.3) is 11.8 Å². The van der Waals surface area contributed by atoms with Crippen LogP contribution in [0.3, 0.4) is 0 Å². The summed E-state index contributed by atoms with van der Waals surface area (Å²) in [6.45, 7) is 1.28. The molecule has 1 aliphatic rings. The molecule has 0 N–H and O–H groups in total. The van der Waals surface area contributed by atoms with E-state index in [1.165, 1.54) is 12.7 Å². The van der Waals surface area contributed by atoms with Gasteiger partial charge >= 0.3 is 0 Å². The van der Waals surface area contributed by atoms with E-state index in [2.05, 4.69) is 22.1 Å². The van der Waals surface area contributed by atoms with E-state index in [-0.39, 0.29) is 12.0 Å². The smallest absolute Gasteiger partial charge is 0.278 e. The van der Waals surface area contributed by atoms with Crippen molar-refractivity contribution in [1.82, 2.24) is 14.9 Å². The molecular weight excluding hydrogens is 338 g/mol. The van der Waals surface area contributed by atoms with Crippen LogP contribution < -0.4 is 9.47 Å². The van der Waals surface area contributed by atoms with Gasteiger partial charge in [0.2, 0.25) is 5.91 Å². The highest BCUT2D eigenvalue weighted by molar-refractivity contribution is 7.99. The van der Waals surface area contributed by atoms with Crippen molar-refractivity contribution < 1.29 is 14.3 Å². The van der Waals surface area contributed by atoms with E-state index in [0.717, 1.165) is 12.2 Å². The lowest BCUT2D eigenvalue weighted by atomic mass is 10.2. The van der Waals surface area contributed by atoms with Crippen LogP contribution in [0.15, 0.2) is 42.7 Å². The van der Waals surface area contributed by atoms with Gasteiger partial charge in [0.1, 0.15) is 6.10 Å². The number of methoxy groups -OCH3 is 1. The van der Waals surface area contributed by atoms with Crippen LogP contribution in [-0.4, -0.2) is 52.8 Å². The Morgan fingerprint density at radius 2 is 2.00 bits per heavy atom. The van der Waals surface area contributed by atoms with E-state index in [0.29, 0.717) is 30.6 Å². The predicted octanol–water partition coefficient (Wildman–Crippen LogP) is 2.40. The van der Waals surface area contributed by atoms with Gasteiger partial charge in [0.15, 0.2) is 0 Å². The molecule has 1 amide bonds. The van der Waals surface area contributed by atoms with E-state index in [1.807, 2.05) is 23.1 Å². The van der Waals surface area contributed by atoms with Crippen LogP contribution in [0.25, 0.3) is 0 Å². The maximum atomic E-state index is 12.4. The van der Waals surface area contributed by atoms with Gasteiger partial charge in [-0.25, -0.2) is 9.97 Å². The summed E-state index contributed by atoms with van der Waals surface area (Å²) in [5.41, 5.74) is 1.23. The Morgan fingerprint density at radius 1 is 1.24 bits per heavy atom. The Labute approximate surface area is 151 Å². The fraction of sp³-hybridized carbons (Fsp3) is 0.389. The first-order valence-corrected chi connectivity index (χ1v) is 9.33. The van der Waals surface area contributed by atoms with Gasteiger partial charge < -0.3 is 14.4 Å². The molecule has 25 heavy (non-hydrogen) atoms. The van der Waals surface area contributed by atoms with Crippen LogP contribution in [0.1, 0.15) is 12.0 Å². The van der Waals surface area contributed by atoms with Crippen molar-refractivity contribution in [3.63, 3.8) is 0 Å². The van der Waals surface area contributed by atoms with Crippen molar-refractivity contribution in [2.45, 2.75) is 18.3 Å². The monoisotopic (exact) mass is 359 g/mol. The highest BCUT2D eigenvalue weighted by Crippen LogP contribution is 2.24. The van der Waals surface area contributed by atoms with Crippen molar-refractivity contribution in [2.24, 2.45) is 0 Å². The Balaban J connectivity index is 1.45. The summed E-state index contributed by atoms with van der Waals surface area (Å²) in [5.74, 6) is 2.22. The van der Waals surface area contributed by atoms with E-state index in [9.17, 15) is 4.79 Å². The zero-order valence-corrected chi connectivity index (χ0v) is 14.9. The molecule has 6 nitrogen and oxygen atoms in total. The van der Waals surface area contributed by atoms with Crippen molar-refractivity contribution in [2.75, 3.05) is 26.0 Å². The molecule has 0 saturated carbocycles. The number of hydrogen-bond acceptors (Lipinski definition) is 6. The molecule has 7 heteroatoms. The lowest BCUT2D eigenvalue weighted by Gasteiger charge is -2.17. The number of likely N-dealkylation sites (tertiary alicyclic amines) is 1. The molecule has 1 aromatic carbocycles. The summed E-state index contributed by atoms with van der Waals surface area (Å²) in [6.07, 6.45) is 3.83. The van der Waals surface area contributed by atoms with Gasteiger partial charge in [0.05, 0.1) is 19.4 Å². The van der Waals surface area contributed by atoms with Gasteiger partial charge in [-0.1, -0.05) is 30.3 Å². The molecule has 0 radical (unpaired) electrons. The van der Waals surface area contributed by atoms with Crippen molar-refractivity contribution >= 4 is 17.7 Å². The van der Waals surface area contributed by atoms with Crippen molar-refractivity contribution in [1.29, 1.82) is 0 Å². The quantitative estimate of drug-likeness (QED) is 0.756. The van der Waals surface area contributed by atoms with Crippen molar-refractivity contribution in [3.05, 3.63) is 48.3 Å². The van der Waals surface area contributed by atoms with Crippen LogP contribution in [0, 0.1) is 0 Å². The molecule has 0 aliphatic carbocycles. The molecule has 1 aliphatic heterocycles. The minimum atomic E-state index is -0.0753. The highest BCUT2D eigenvalue weighted by atomic mass is 32.2. The zero-order valence-electron chi connectivity index (χ0n) is 14.1. The normalized spacial score (nSPS) is 16.7. The molecule has 132 valence electrons. The largest absolute Gasteiger partial charge is 0.477 e. The van der Waals surface area contributed by atoms with Crippen molar-refractivity contribution in [3.8, 4) is 11.8 Å². The summed E-state index contributed by atoms with van der Waals surface area (Å²) in [6, 6.07) is 10.2. The maximum Gasteiger partial charge on any atom is 0.278 e. The molecule has 1 unspecified atom stereocenters. The van der Waals surface area contributed by atoms with Gasteiger partial charge in [-0.3, -0.25) is 4.79 Å². The SMILES string of the molecule is COc1nccnc1OC1CCN(C(=O)CSCc2ccccc2)C1. The summed E-state index contributed by atoms with van der Waals surface area (Å²) in [5, 5.41) is 0. The number of amides is 1. The second-order valence-corrected chi connectivity index (χ2v) is 6.70. The summed E-state index contributed by atoms with van der Waals surface area (Å²) >= 11 is 1.64. The molecule has 0 spiro atoms. The number of thioether (sulfide) groups is 1. The summed E-state index contributed by atoms with van der Waals surface area (Å²) in [7, 11) is 1.53. The minimum Gasteiger partial charge on any atom is -0.477 e. The van der Waals surface area contributed by atoms with Crippen LogP contribution in [0.4, 0.5) is 0 Å². The number of hydrogen-bond donors (Lipinski definition) is 0. The maximum absolute atomic E-state index is 12.4. The lowest BCUT2D eigenvalue weighted by molar-refractivity contribution is -0.127. The molecule has 2 heterocycles. The van der Waals surface area contributed by atoms with Gasteiger partial charge in [-0.15, -0.1) is 11.8 Å². The number of aromatic nitrogens is 2. The third-order valence-corrected chi connectivity index (χ3v) is 4.93. The van der Waals surface area contributed by atoms with Gasteiger partial charge in [0, 0.05) is 31.1 Å². The third kappa shape index (κ3) is 4.85. The first-order chi connectivity index (χ1) is 12.3. The average Bonchev–Trinajstić information content (AvgIpc) is 3.12. The Bertz CT molecular complexity index is 699. The second-order valence-electron chi connectivity index (χ2n) is 5.72. The molecule has 2 aromatic rings. The Morgan fingerprint density at radius 3 is 2.76 bits per heavy atom. The third-order valence-electron chi connectivity index (χ3n) is 3.94. The summed E-state index contributed by atoms with van der Waals surface area (Å²) < 4.78 is 11.0. The predicted molar refractivity (Wildman–Crippen MR) is 96.8 cm³/mol. The molecule has 1 saturated heterocycles. The molecule has 3 rings (SSSR count). The highest BCUT2D eigenvalue weighted by Gasteiger charge is 2.28. The number of benzene rings is 1. The number of carbonyl (C=O) groups is 1. The van der Waals surface area contributed by atoms with Gasteiger partial charge in [-0.05, 0) is 5.56 Å². The van der Waals surface area contributed by atoms with E-state index in [1.54, 1.807) is 24.2 Å². The number of ether oxygens (including phenoxy) is 2. The first kappa shape index (κ1) is 17.5. The topological polar surface area (TPSA) is 64.6 Å². The summed E-state index contributed by atoms with van der Waals surface area (Å²) in [4.78, 5) is 22.4. The molecule has 1 aromatic heterocycles. The van der Waals surface area contributed by atoms with E-state index >= 15 is 0 Å². The van der Waals surface area contributed by atoms with E-state index in [4.69, 9.17) is 9.47 Å². The number of carbonyl (C=O) groups excluding carboxylic acids is 1. The minimum absolute atomic E-state index is 0.0753. The second kappa shape index (κ2) is 8.71. The fourth-order valence-corrected chi connectivity index (χ4v) is 3.55. The van der Waals surface area contributed by atoms with Crippen LogP contribution in [0.5, 0.6) is 11.8 Å². The number of rotatable bonds is 7. The molecule has 1 atom stereocenters. The molecular formula is C18H21N3O3S. The zero-order chi connectivity index (χ0) is 17.5. The number of nitrogens with zero attached hydrogens (tertiary/aromatic N) is 3.